The number of nitro groups is 1. The summed E-state index contributed by atoms with van der Waals surface area (Å²) < 4.78 is 10.0. The average molecular weight is 413 g/mol. The van der Waals surface area contributed by atoms with Gasteiger partial charge in [-0.1, -0.05) is 29.3 Å². The minimum atomic E-state index is -0.784. The molecule has 0 fully saturated rings. The molecule has 0 radical (unpaired) electrons. The van der Waals surface area contributed by atoms with Crippen molar-refractivity contribution in [3.05, 3.63) is 62.1 Å². The van der Waals surface area contributed by atoms with Crippen molar-refractivity contribution < 1.29 is 24.0 Å². The summed E-state index contributed by atoms with van der Waals surface area (Å²) in [5.41, 5.74) is 0.695. The maximum atomic E-state index is 11.8. The summed E-state index contributed by atoms with van der Waals surface area (Å²) in [5, 5.41) is 13.5. The van der Waals surface area contributed by atoms with E-state index in [4.69, 9.17) is 32.7 Å². The number of nitrogens with zero attached hydrogens (tertiary/aromatic N) is 1. The number of ether oxygens (including phenoxy) is 2. The second-order valence-corrected chi connectivity index (χ2v) is 6.17. The Kier molecular flexibility index (Phi) is 6.98. The highest BCUT2D eigenvalue weighted by atomic mass is 35.5. The van der Waals surface area contributed by atoms with Crippen LogP contribution in [0.2, 0.25) is 10.0 Å². The maximum absolute atomic E-state index is 11.8. The van der Waals surface area contributed by atoms with E-state index in [1.165, 1.54) is 12.1 Å². The lowest BCUT2D eigenvalue weighted by Crippen LogP contribution is -2.23. The van der Waals surface area contributed by atoms with E-state index >= 15 is 0 Å². The van der Waals surface area contributed by atoms with E-state index in [0.29, 0.717) is 10.8 Å². The highest BCUT2D eigenvalue weighted by Crippen LogP contribution is 2.27. The van der Waals surface area contributed by atoms with Crippen LogP contribution in [-0.2, 0) is 14.3 Å². The Balaban J connectivity index is 1.85. The van der Waals surface area contributed by atoms with Gasteiger partial charge in [0, 0.05) is 12.1 Å². The van der Waals surface area contributed by atoms with Crippen LogP contribution in [0, 0.1) is 17.0 Å². The van der Waals surface area contributed by atoms with Gasteiger partial charge < -0.3 is 14.8 Å². The Bertz CT molecular complexity index is 888. The van der Waals surface area contributed by atoms with Gasteiger partial charge in [-0.25, -0.2) is 4.79 Å². The predicted molar refractivity (Wildman–Crippen MR) is 99.4 cm³/mol. The van der Waals surface area contributed by atoms with Crippen molar-refractivity contribution in [2.24, 2.45) is 0 Å². The molecule has 10 heteroatoms. The number of nitro benzene ring substituents is 1. The van der Waals surface area contributed by atoms with Gasteiger partial charge in [0.15, 0.2) is 13.2 Å². The molecule has 0 aliphatic heterocycles. The van der Waals surface area contributed by atoms with Crippen molar-refractivity contribution in [1.29, 1.82) is 0 Å². The molecule has 0 bridgehead atoms. The summed E-state index contributed by atoms with van der Waals surface area (Å²) in [7, 11) is 0. The van der Waals surface area contributed by atoms with Crippen LogP contribution in [0.15, 0.2) is 36.4 Å². The van der Waals surface area contributed by atoms with Crippen LogP contribution in [0.5, 0.6) is 5.75 Å². The number of non-ortho nitro benzene ring substituents is 1. The molecule has 0 atom stereocenters. The van der Waals surface area contributed by atoms with Crippen molar-refractivity contribution in [3.8, 4) is 5.75 Å². The van der Waals surface area contributed by atoms with Crippen LogP contribution < -0.4 is 10.1 Å². The topological polar surface area (TPSA) is 108 Å². The summed E-state index contributed by atoms with van der Waals surface area (Å²) in [5.74, 6) is -1.17. The van der Waals surface area contributed by atoms with Crippen LogP contribution in [0.4, 0.5) is 11.4 Å². The Labute approximate surface area is 164 Å². The van der Waals surface area contributed by atoms with Crippen LogP contribution in [0.3, 0.4) is 0 Å². The normalized spacial score (nSPS) is 10.2. The van der Waals surface area contributed by atoms with Crippen molar-refractivity contribution in [2.45, 2.75) is 6.92 Å². The van der Waals surface area contributed by atoms with Gasteiger partial charge in [0.25, 0.3) is 11.6 Å². The van der Waals surface area contributed by atoms with E-state index in [9.17, 15) is 19.7 Å². The molecule has 1 N–H and O–H groups in total. The molecule has 2 rings (SSSR count). The lowest BCUT2D eigenvalue weighted by Gasteiger charge is -2.10. The number of hydrogen-bond acceptors (Lipinski definition) is 6. The Morgan fingerprint density at radius 3 is 2.52 bits per heavy atom. The summed E-state index contributed by atoms with van der Waals surface area (Å²) in [6, 6.07) is 8.66. The minimum absolute atomic E-state index is 0.0368. The summed E-state index contributed by atoms with van der Waals surface area (Å²) >= 11 is 11.8. The third-order valence-corrected chi connectivity index (χ3v) is 3.87. The fourth-order valence-electron chi connectivity index (χ4n) is 1.95. The number of esters is 1. The average Bonchev–Trinajstić information content (AvgIpc) is 2.62. The smallest absolute Gasteiger partial charge is 0.344 e. The molecule has 2 aromatic carbocycles. The van der Waals surface area contributed by atoms with Gasteiger partial charge in [-0.3, -0.25) is 14.9 Å². The summed E-state index contributed by atoms with van der Waals surface area (Å²) in [6.07, 6.45) is 0. The summed E-state index contributed by atoms with van der Waals surface area (Å²) in [6.45, 7) is 0.793. The van der Waals surface area contributed by atoms with Gasteiger partial charge in [-0.2, -0.15) is 0 Å². The van der Waals surface area contributed by atoms with Gasteiger partial charge in [0.1, 0.15) is 5.75 Å². The molecule has 0 heterocycles. The molecule has 0 spiro atoms. The fourth-order valence-corrected chi connectivity index (χ4v) is 2.29. The standard InChI is InChI=1S/C17H14Cl2N2O6/c1-10-2-4-13(19)15(6-10)26-9-17(23)27-8-16(22)20-14-7-11(21(24)25)3-5-12(14)18/h2-7H,8-9H2,1H3,(H,20,22). The molecular formula is C17H14Cl2N2O6. The largest absolute Gasteiger partial charge is 0.480 e. The van der Waals surface area contributed by atoms with Crippen molar-refractivity contribution in [2.75, 3.05) is 18.5 Å². The number of benzene rings is 2. The maximum Gasteiger partial charge on any atom is 0.344 e. The van der Waals surface area contributed by atoms with Crippen molar-refractivity contribution >= 4 is 46.5 Å². The zero-order valence-electron chi connectivity index (χ0n) is 14.0. The van der Waals surface area contributed by atoms with E-state index in [1.54, 1.807) is 18.2 Å². The number of aryl methyl sites for hydroxylation is 1. The highest BCUT2D eigenvalue weighted by molar-refractivity contribution is 6.33. The Hall–Kier alpha value is -2.84. The molecule has 27 heavy (non-hydrogen) atoms. The molecule has 142 valence electrons. The third-order valence-electron chi connectivity index (χ3n) is 3.23. The molecule has 2 aromatic rings. The van der Waals surface area contributed by atoms with E-state index in [0.717, 1.165) is 11.6 Å². The van der Waals surface area contributed by atoms with E-state index in [-0.39, 0.29) is 16.4 Å². The number of amides is 1. The third kappa shape index (κ3) is 6.12. The van der Waals surface area contributed by atoms with Gasteiger partial charge >= 0.3 is 5.97 Å². The molecule has 1 amide bonds. The number of nitrogens with one attached hydrogen (secondary N) is 1. The Morgan fingerprint density at radius 1 is 1.11 bits per heavy atom. The van der Waals surface area contributed by atoms with Gasteiger partial charge in [-0.05, 0) is 30.7 Å². The van der Waals surface area contributed by atoms with Gasteiger partial charge in [0.2, 0.25) is 0 Å². The first-order valence-electron chi connectivity index (χ1n) is 7.54. The first-order valence-corrected chi connectivity index (χ1v) is 8.30. The monoisotopic (exact) mass is 412 g/mol. The van der Waals surface area contributed by atoms with Gasteiger partial charge in [-0.15, -0.1) is 0 Å². The zero-order chi connectivity index (χ0) is 20.0. The highest BCUT2D eigenvalue weighted by Gasteiger charge is 2.14. The molecular weight excluding hydrogens is 399 g/mol. The molecule has 0 aliphatic rings. The number of halogens is 2. The van der Waals surface area contributed by atoms with E-state index < -0.39 is 30.0 Å². The first-order chi connectivity index (χ1) is 12.8. The molecule has 0 aliphatic carbocycles. The van der Waals surface area contributed by atoms with Crippen LogP contribution in [-0.4, -0.2) is 30.0 Å². The number of carbonyl (C=O) groups excluding carboxylic acids is 2. The zero-order valence-corrected chi connectivity index (χ0v) is 15.5. The second kappa shape index (κ2) is 9.20. The van der Waals surface area contributed by atoms with Crippen LogP contribution >= 0.6 is 23.2 Å². The predicted octanol–water partition coefficient (Wildman–Crippen LogP) is 3.77. The lowest BCUT2D eigenvalue weighted by molar-refractivity contribution is -0.384. The van der Waals surface area contributed by atoms with Crippen LogP contribution in [0.25, 0.3) is 0 Å². The molecule has 0 saturated carbocycles. The number of rotatable bonds is 7. The second-order valence-electron chi connectivity index (χ2n) is 5.35. The minimum Gasteiger partial charge on any atom is -0.480 e. The molecule has 0 saturated heterocycles. The van der Waals surface area contributed by atoms with Crippen molar-refractivity contribution in [1.82, 2.24) is 0 Å². The molecule has 0 aromatic heterocycles. The molecule has 8 nitrogen and oxygen atoms in total. The molecule has 0 unspecified atom stereocenters. The quantitative estimate of drug-likeness (QED) is 0.421. The summed E-state index contributed by atoms with van der Waals surface area (Å²) in [4.78, 5) is 33.7. The SMILES string of the molecule is Cc1ccc(Cl)c(OCC(=O)OCC(=O)Nc2cc([N+](=O)[O-])ccc2Cl)c1. The lowest BCUT2D eigenvalue weighted by atomic mass is 10.2. The fraction of sp³-hybridized carbons (Fsp3) is 0.176. The van der Waals surface area contributed by atoms with Crippen LogP contribution in [0.1, 0.15) is 5.56 Å². The van der Waals surface area contributed by atoms with Crippen molar-refractivity contribution in [3.63, 3.8) is 0 Å². The number of hydrogen-bond donors (Lipinski definition) is 1. The Morgan fingerprint density at radius 2 is 1.81 bits per heavy atom. The first kappa shape index (κ1) is 20.5. The van der Waals surface area contributed by atoms with Gasteiger partial charge in [0.05, 0.1) is 20.7 Å². The number of carbonyl (C=O) groups is 2. The van der Waals surface area contributed by atoms with E-state index in [2.05, 4.69) is 5.32 Å². The number of anilines is 1. The van der Waals surface area contributed by atoms with E-state index in [1.807, 2.05) is 6.92 Å².